The van der Waals surface area contributed by atoms with E-state index in [-0.39, 0.29) is 6.79 Å². The monoisotopic (exact) mass is 385 g/mol. The van der Waals surface area contributed by atoms with E-state index in [1.165, 1.54) is 0 Å². The van der Waals surface area contributed by atoms with Gasteiger partial charge in [0.15, 0.2) is 11.5 Å². The first-order valence-corrected chi connectivity index (χ1v) is 8.61. The Morgan fingerprint density at radius 2 is 2.04 bits per heavy atom. The number of aliphatic hydroxyl groups excluding tert-OH is 1. The molecule has 4 nitrogen and oxygen atoms in total. The normalized spacial score (nSPS) is 14.1. The second kappa shape index (κ2) is 6.07. The lowest BCUT2D eigenvalue weighted by Crippen LogP contribution is -2.07. The molecular formula is C19H16BrNO3. The largest absolute Gasteiger partial charge is 0.454 e. The van der Waals surface area contributed by atoms with Crippen LogP contribution in [0.5, 0.6) is 11.5 Å². The summed E-state index contributed by atoms with van der Waals surface area (Å²) in [5.41, 5.74) is 2.69. The molecule has 0 radical (unpaired) electrons. The molecule has 24 heavy (non-hydrogen) atoms. The number of nitrogens with zero attached hydrogens (tertiary/aromatic N) is 1. The first kappa shape index (κ1) is 15.4. The maximum Gasteiger partial charge on any atom is 0.231 e. The summed E-state index contributed by atoms with van der Waals surface area (Å²) in [6.45, 7) is 2.26. The van der Waals surface area contributed by atoms with Gasteiger partial charge in [0.25, 0.3) is 0 Å². The Bertz CT molecular complexity index is 926. The van der Waals surface area contributed by atoms with Gasteiger partial charge in [0.05, 0.1) is 0 Å². The minimum atomic E-state index is -0.822. The lowest BCUT2D eigenvalue weighted by Gasteiger charge is -2.20. The number of aromatic nitrogens is 1. The van der Waals surface area contributed by atoms with Crippen molar-refractivity contribution in [3.63, 3.8) is 0 Å². The van der Waals surface area contributed by atoms with E-state index in [0.29, 0.717) is 17.1 Å². The molecule has 2 heterocycles. The predicted molar refractivity (Wildman–Crippen MR) is 95.4 cm³/mol. The van der Waals surface area contributed by atoms with Crippen LogP contribution in [0.2, 0.25) is 0 Å². The molecule has 0 bridgehead atoms. The number of ether oxygens (including phenoxy) is 2. The van der Waals surface area contributed by atoms with E-state index in [1.807, 2.05) is 30.5 Å². The molecule has 0 aliphatic carbocycles. The van der Waals surface area contributed by atoms with E-state index in [2.05, 4.69) is 33.9 Å². The van der Waals surface area contributed by atoms with E-state index in [1.54, 1.807) is 6.20 Å². The summed E-state index contributed by atoms with van der Waals surface area (Å²) in [5, 5.41) is 13.3. The first-order chi connectivity index (χ1) is 11.7. The van der Waals surface area contributed by atoms with Gasteiger partial charge in [0.2, 0.25) is 6.79 Å². The Balaban J connectivity index is 1.97. The van der Waals surface area contributed by atoms with Crippen LogP contribution in [0.25, 0.3) is 10.8 Å². The molecule has 4 rings (SSSR count). The summed E-state index contributed by atoms with van der Waals surface area (Å²) < 4.78 is 11.9. The first-order valence-electron chi connectivity index (χ1n) is 7.82. The maximum absolute atomic E-state index is 11.3. The highest BCUT2D eigenvalue weighted by Crippen LogP contribution is 2.46. The van der Waals surface area contributed by atoms with Gasteiger partial charge in [-0.25, -0.2) is 0 Å². The van der Waals surface area contributed by atoms with Crippen LogP contribution in [0.3, 0.4) is 0 Å². The third-order valence-electron chi connectivity index (χ3n) is 4.40. The van der Waals surface area contributed by atoms with Gasteiger partial charge < -0.3 is 14.6 Å². The third-order valence-corrected chi connectivity index (χ3v) is 5.10. The summed E-state index contributed by atoms with van der Waals surface area (Å²) in [5.74, 6) is 1.26. The van der Waals surface area contributed by atoms with Crippen molar-refractivity contribution >= 4 is 26.7 Å². The van der Waals surface area contributed by atoms with Crippen LogP contribution in [0, 0.1) is 0 Å². The van der Waals surface area contributed by atoms with Crippen LogP contribution < -0.4 is 9.47 Å². The number of aliphatic hydroxyl groups is 1. The lowest BCUT2D eigenvalue weighted by molar-refractivity contribution is 0.167. The van der Waals surface area contributed by atoms with Crippen molar-refractivity contribution in [3.05, 3.63) is 63.9 Å². The quantitative estimate of drug-likeness (QED) is 0.727. The van der Waals surface area contributed by atoms with Crippen LogP contribution in [0.15, 0.2) is 47.2 Å². The van der Waals surface area contributed by atoms with Crippen molar-refractivity contribution in [1.29, 1.82) is 0 Å². The number of fused-ring (bicyclic) bond motifs is 2. The van der Waals surface area contributed by atoms with Gasteiger partial charge in [-0.3, -0.25) is 4.98 Å². The lowest BCUT2D eigenvalue weighted by atomic mass is 9.90. The maximum atomic E-state index is 11.3. The molecule has 1 atom stereocenters. The van der Waals surface area contributed by atoms with Gasteiger partial charge in [-0.15, -0.1) is 0 Å². The zero-order valence-corrected chi connectivity index (χ0v) is 14.7. The van der Waals surface area contributed by atoms with Crippen molar-refractivity contribution in [2.24, 2.45) is 0 Å². The van der Waals surface area contributed by atoms with Crippen LogP contribution in [-0.4, -0.2) is 16.9 Å². The number of aryl methyl sites for hydroxylation is 1. The van der Waals surface area contributed by atoms with E-state index < -0.39 is 6.10 Å². The highest BCUT2D eigenvalue weighted by molar-refractivity contribution is 9.10. The van der Waals surface area contributed by atoms with Crippen LogP contribution in [-0.2, 0) is 6.42 Å². The zero-order valence-electron chi connectivity index (χ0n) is 13.1. The summed E-state index contributed by atoms with van der Waals surface area (Å²) in [6, 6.07) is 9.76. The van der Waals surface area contributed by atoms with Crippen molar-refractivity contribution in [2.45, 2.75) is 19.4 Å². The molecule has 5 heteroatoms. The van der Waals surface area contributed by atoms with Crippen molar-refractivity contribution < 1.29 is 14.6 Å². The van der Waals surface area contributed by atoms with Crippen LogP contribution >= 0.6 is 15.9 Å². The molecule has 3 aromatic rings. The van der Waals surface area contributed by atoms with Gasteiger partial charge in [-0.05, 0) is 41.1 Å². The number of hydrogen-bond acceptors (Lipinski definition) is 4. The number of halogens is 1. The second-order valence-corrected chi connectivity index (χ2v) is 6.54. The van der Waals surface area contributed by atoms with Gasteiger partial charge in [0.1, 0.15) is 6.10 Å². The zero-order chi connectivity index (χ0) is 16.7. The topological polar surface area (TPSA) is 51.6 Å². The number of benzene rings is 2. The molecule has 1 N–H and O–H groups in total. The molecule has 1 aromatic heterocycles. The Kier molecular flexibility index (Phi) is 3.90. The molecule has 0 fully saturated rings. The number of hydrogen-bond donors (Lipinski definition) is 1. The average molecular weight is 386 g/mol. The summed E-state index contributed by atoms with van der Waals surface area (Å²) >= 11 is 3.55. The van der Waals surface area contributed by atoms with Gasteiger partial charge in [0, 0.05) is 27.8 Å². The average Bonchev–Trinajstić information content (AvgIpc) is 3.08. The third kappa shape index (κ3) is 2.36. The smallest absolute Gasteiger partial charge is 0.231 e. The Morgan fingerprint density at radius 1 is 1.17 bits per heavy atom. The van der Waals surface area contributed by atoms with Crippen molar-refractivity contribution in [2.75, 3.05) is 6.79 Å². The highest BCUT2D eigenvalue weighted by Gasteiger charge is 2.28. The minimum Gasteiger partial charge on any atom is -0.454 e. The second-order valence-electron chi connectivity index (χ2n) is 5.69. The molecule has 2 aromatic carbocycles. The molecule has 0 spiro atoms. The fourth-order valence-electron chi connectivity index (χ4n) is 3.24. The minimum absolute atomic E-state index is 0.172. The van der Waals surface area contributed by atoms with E-state index in [9.17, 15) is 5.11 Å². The predicted octanol–water partition coefficient (Wildman–Crippen LogP) is 4.37. The Morgan fingerprint density at radius 3 is 2.88 bits per heavy atom. The SMILES string of the molecule is CCc1ccc2cnccc2c1C(O)c1c(Br)ccc2c1OCO2. The molecule has 1 unspecified atom stereocenters. The number of rotatable bonds is 3. The molecular weight excluding hydrogens is 370 g/mol. The Labute approximate surface area is 148 Å². The molecule has 122 valence electrons. The molecule has 0 amide bonds. The summed E-state index contributed by atoms with van der Waals surface area (Å²) in [7, 11) is 0. The Hall–Kier alpha value is -2.11. The van der Waals surface area contributed by atoms with E-state index in [0.717, 1.165) is 32.8 Å². The van der Waals surface area contributed by atoms with Gasteiger partial charge in [-0.2, -0.15) is 0 Å². The van der Waals surface area contributed by atoms with E-state index in [4.69, 9.17) is 9.47 Å². The standard InChI is InChI=1S/C19H16BrNO3/c1-2-11-3-4-12-9-21-8-7-13(12)16(11)18(22)17-14(20)5-6-15-19(17)24-10-23-15/h3-9,18,22H,2,10H2,1H3. The van der Waals surface area contributed by atoms with Crippen molar-refractivity contribution in [3.8, 4) is 11.5 Å². The van der Waals surface area contributed by atoms with Crippen LogP contribution in [0.4, 0.5) is 0 Å². The highest BCUT2D eigenvalue weighted by atomic mass is 79.9. The fraction of sp³-hybridized carbons (Fsp3) is 0.211. The van der Waals surface area contributed by atoms with Crippen molar-refractivity contribution in [1.82, 2.24) is 4.98 Å². The molecule has 1 aliphatic rings. The molecule has 0 saturated carbocycles. The van der Waals surface area contributed by atoms with Gasteiger partial charge >= 0.3 is 0 Å². The van der Waals surface area contributed by atoms with E-state index >= 15 is 0 Å². The molecule has 1 aliphatic heterocycles. The number of pyridine rings is 1. The van der Waals surface area contributed by atoms with Crippen LogP contribution in [0.1, 0.15) is 29.7 Å². The summed E-state index contributed by atoms with van der Waals surface area (Å²) in [4.78, 5) is 4.18. The fourth-order valence-corrected chi connectivity index (χ4v) is 3.77. The summed E-state index contributed by atoms with van der Waals surface area (Å²) in [6.07, 6.45) is 3.57. The molecule has 0 saturated heterocycles. The van der Waals surface area contributed by atoms with Gasteiger partial charge in [-0.1, -0.05) is 35.0 Å².